The van der Waals surface area contributed by atoms with Gasteiger partial charge >= 0.3 is 11.9 Å². The quantitative estimate of drug-likeness (QED) is 0.558. The highest BCUT2D eigenvalue weighted by Gasteiger charge is 2.46. The van der Waals surface area contributed by atoms with Crippen LogP contribution in [0.3, 0.4) is 0 Å². The van der Waals surface area contributed by atoms with Crippen LogP contribution < -0.4 is 0 Å². The summed E-state index contributed by atoms with van der Waals surface area (Å²) in [6.45, 7) is 6.05. The fraction of sp³-hybridized carbons (Fsp3) is 0.714. The second kappa shape index (κ2) is 4.41. The monoisotopic (exact) mass is 252 g/mol. The second-order valence-corrected chi connectivity index (χ2v) is 6.16. The summed E-state index contributed by atoms with van der Waals surface area (Å²) in [7, 11) is 0. The van der Waals surface area contributed by atoms with Crippen molar-refractivity contribution < 1.29 is 19.1 Å². The number of allylic oxidation sites excluding steroid dienone is 1. The van der Waals surface area contributed by atoms with Crippen LogP contribution in [0.5, 0.6) is 0 Å². The molecule has 2 atom stereocenters. The molecule has 0 saturated carbocycles. The molecule has 4 nitrogen and oxygen atoms in total. The van der Waals surface area contributed by atoms with E-state index in [1.54, 1.807) is 0 Å². The van der Waals surface area contributed by atoms with Crippen LogP contribution in [0, 0.1) is 11.3 Å². The molecule has 0 aromatic heterocycles. The number of hydrogen-bond acceptors (Lipinski definition) is 4. The van der Waals surface area contributed by atoms with Gasteiger partial charge in [0.2, 0.25) is 0 Å². The van der Waals surface area contributed by atoms with E-state index in [4.69, 9.17) is 9.47 Å². The summed E-state index contributed by atoms with van der Waals surface area (Å²) >= 11 is 0. The van der Waals surface area contributed by atoms with Crippen molar-refractivity contribution in [2.24, 2.45) is 11.3 Å². The summed E-state index contributed by atoms with van der Waals surface area (Å²) in [6.07, 6.45) is 5.61. The molecule has 1 saturated heterocycles. The SMILES string of the molecule is CC(C)(C)OC(=O)C[C@@H]1C=C[C@@]2(CCOC2=O)C1. The van der Waals surface area contributed by atoms with Gasteiger partial charge in [-0.25, -0.2) is 0 Å². The molecular weight excluding hydrogens is 232 g/mol. The Kier molecular flexibility index (Phi) is 3.21. The van der Waals surface area contributed by atoms with Gasteiger partial charge in [0.15, 0.2) is 0 Å². The van der Waals surface area contributed by atoms with E-state index in [2.05, 4.69) is 0 Å². The molecule has 0 unspecified atom stereocenters. The Labute approximate surface area is 107 Å². The lowest BCUT2D eigenvalue weighted by Gasteiger charge is -2.21. The van der Waals surface area contributed by atoms with Crippen LogP contribution in [0.25, 0.3) is 0 Å². The first-order valence-corrected chi connectivity index (χ1v) is 6.39. The number of carbonyl (C=O) groups excluding carboxylic acids is 2. The summed E-state index contributed by atoms with van der Waals surface area (Å²) < 4.78 is 10.3. The van der Waals surface area contributed by atoms with Gasteiger partial charge in [-0.15, -0.1) is 0 Å². The first-order valence-electron chi connectivity index (χ1n) is 6.39. The van der Waals surface area contributed by atoms with Gasteiger partial charge in [-0.1, -0.05) is 12.2 Å². The number of hydrogen-bond donors (Lipinski definition) is 0. The molecule has 0 aromatic rings. The summed E-state index contributed by atoms with van der Waals surface area (Å²) in [4.78, 5) is 23.4. The molecule has 18 heavy (non-hydrogen) atoms. The van der Waals surface area contributed by atoms with E-state index >= 15 is 0 Å². The number of rotatable bonds is 2. The molecule has 0 aromatic carbocycles. The van der Waals surface area contributed by atoms with Gasteiger partial charge in [0, 0.05) is 6.42 Å². The maximum absolute atomic E-state index is 11.7. The van der Waals surface area contributed by atoms with Crippen LogP contribution in [-0.2, 0) is 19.1 Å². The zero-order valence-electron chi connectivity index (χ0n) is 11.2. The van der Waals surface area contributed by atoms with E-state index in [1.165, 1.54) is 0 Å². The molecule has 0 radical (unpaired) electrons. The van der Waals surface area contributed by atoms with Crippen molar-refractivity contribution in [3.8, 4) is 0 Å². The molecule has 4 heteroatoms. The second-order valence-electron chi connectivity index (χ2n) is 6.16. The molecule has 0 N–H and O–H groups in total. The van der Waals surface area contributed by atoms with E-state index in [0.29, 0.717) is 19.4 Å². The van der Waals surface area contributed by atoms with Crippen molar-refractivity contribution in [2.45, 2.75) is 45.6 Å². The van der Waals surface area contributed by atoms with Gasteiger partial charge in [0.05, 0.1) is 18.4 Å². The normalized spacial score (nSPS) is 30.8. The van der Waals surface area contributed by atoms with Gasteiger partial charge in [-0.05, 0) is 33.1 Å². The summed E-state index contributed by atoms with van der Waals surface area (Å²) in [5, 5.41) is 0. The third-order valence-electron chi connectivity index (χ3n) is 3.35. The molecule has 0 bridgehead atoms. The molecule has 1 heterocycles. The molecule has 2 rings (SSSR count). The number of cyclic esters (lactones) is 1. The standard InChI is InChI=1S/C14H20O4/c1-13(2,3)18-11(15)8-10-4-5-14(9-10)6-7-17-12(14)16/h4-5,10H,6-9H2,1-3H3/t10-,14+/m0/s1. The third-order valence-corrected chi connectivity index (χ3v) is 3.35. The Hall–Kier alpha value is -1.32. The number of ether oxygens (including phenoxy) is 2. The lowest BCUT2D eigenvalue weighted by atomic mass is 9.83. The molecule has 100 valence electrons. The molecule has 2 aliphatic rings. The van der Waals surface area contributed by atoms with E-state index in [9.17, 15) is 9.59 Å². The highest BCUT2D eigenvalue weighted by molar-refractivity contribution is 5.82. The Bertz CT molecular complexity index is 391. The van der Waals surface area contributed by atoms with Crippen molar-refractivity contribution in [3.05, 3.63) is 12.2 Å². The van der Waals surface area contributed by atoms with Crippen molar-refractivity contribution in [1.82, 2.24) is 0 Å². The van der Waals surface area contributed by atoms with Crippen molar-refractivity contribution in [2.75, 3.05) is 6.61 Å². The molecular formula is C14H20O4. The summed E-state index contributed by atoms with van der Waals surface area (Å²) in [6, 6.07) is 0. The zero-order chi connectivity index (χ0) is 13.4. The first-order chi connectivity index (χ1) is 8.31. The van der Waals surface area contributed by atoms with Crippen LogP contribution in [0.1, 0.15) is 40.0 Å². The Morgan fingerprint density at radius 1 is 1.56 bits per heavy atom. The average molecular weight is 252 g/mol. The van der Waals surface area contributed by atoms with Gasteiger partial charge in [0.25, 0.3) is 0 Å². The van der Waals surface area contributed by atoms with Crippen LogP contribution in [0.4, 0.5) is 0 Å². The van der Waals surface area contributed by atoms with E-state index < -0.39 is 11.0 Å². The van der Waals surface area contributed by atoms with Crippen molar-refractivity contribution >= 4 is 11.9 Å². The maximum Gasteiger partial charge on any atom is 0.316 e. The van der Waals surface area contributed by atoms with Crippen LogP contribution >= 0.6 is 0 Å². The zero-order valence-corrected chi connectivity index (χ0v) is 11.2. The minimum absolute atomic E-state index is 0.0884. The number of esters is 2. The van der Waals surface area contributed by atoms with Crippen molar-refractivity contribution in [3.63, 3.8) is 0 Å². The van der Waals surface area contributed by atoms with Gasteiger partial charge < -0.3 is 9.47 Å². The van der Waals surface area contributed by atoms with Crippen molar-refractivity contribution in [1.29, 1.82) is 0 Å². The van der Waals surface area contributed by atoms with Gasteiger partial charge in [-0.3, -0.25) is 9.59 Å². The van der Waals surface area contributed by atoms with E-state index in [0.717, 1.165) is 6.42 Å². The lowest BCUT2D eigenvalue weighted by molar-refractivity contribution is -0.156. The minimum atomic E-state index is -0.466. The fourth-order valence-corrected chi connectivity index (χ4v) is 2.57. The maximum atomic E-state index is 11.7. The third kappa shape index (κ3) is 2.74. The van der Waals surface area contributed by atoms with E-state index in [-0.39, 0.29) is 17.9 Å². The van der Waals surface area contributed by atoms with Gasteiger partial charge in [-0.2, -0.15) is 0 Å². The molecule has 1 aliphatic heterocycles. The average Bonchev–Trinajstić information content (AvgIpc) is 2.74. The summed E-state index contributed by atoms with van der Waals surface area (Å²) in [5.41, 5.74) is -0.921. The predicted octanol–water partition coefficient (Wildman–Crippen LogP) is 2.23. The highest BCUT2D eigenvalue weighted by Crippen LogP contribution is 2.44. The highest BCUT2D eigenvalue weighted by atomic mass is 16.6. The molecule has 1 aliphatic carbocycles. The Morgan fingerprint density at radius 3 is 2.83 bits per heavy atom. The van der Waals surface area contributed by atoms with Crippen LogP contribution in [0.2, 0.25) is 0 Å². The van der Waals surface area contributed by atoms with Crippen LogP contribution in [0.15, 0.2) is 12.2 Å². The Balaban J connectivity index is 1.89. The smallest absolute Gasteiger partial charge is 0.316 e. The first kappa shape index (κ1) is 13.1. The topological polar surface area (TPSA) is 52.6 Å². The number of carbonyl (C=O) groups is 2. The summed E-state index contributed by atoms with van der Waals surface area (Å²) in [5.74, 6) is -0.267. The van der Waals surface area contributed by atoms with E-state index in [1.807, 2.05) is 32.9 Å². The molecule has 1 fully saturated rings. The molecule has 0 amide bonds. The van der Waals surface area contributed by atoms with Gasteiger partial charge in [0.1, 0.15) is 5.60 Å². The fourth-order valence-electron chi connectivity index (χ4n) is 2.57. The Morgan fingerprint density at radius 2 is 2.28 bits per heavy atom. The van der Waals surface area contributed by atoms with Crippen LogP contribution in [-0.4, -0.2) is 24.1 Å². The predicted molar refractivity (Wildman–Crippen MR) is 65.7 cm³/mol. The largest absolute Gasteiger partial charge is 0.465 e. The molecule has 1 spiro atoms. The lowest BCUT2D eigenvalue weighted by Crippen LogP contribution is -2.26. The minimum Gasteiger partial charge on any atom is -0.465 e.